The maximum Gasteiger partial charge on any atom is 0.242 e. The fourth-order valence-electron chi connectivity index (χ4n) is 2.89. The zero-order valence-electron chi connectivity index (χ0n) is 14.9. The summed E-state index contributed by atoms with van der Waals surface area (Å²) in [6, 6.07) is 3.69. The van der Waals surface area contributed by atoms with Crippen molar-refractivity contribution in [3.05, 3.63) is 30.1 Å². The monoisotopic (exact) mass is 331 g/mol. The van der Waals surface area contributed by atoms with Crippen LogP contribution in [0.5, 0.6) is 0 Å². The molecule has 0 bridgehead atoms. The summed E-state index contributed by atoms with van der Waals surface area (Å²) in [6.45, 7) is 3.77. The van der Waals surface area contributed by atoms with E-state index in [0.717, 1.165) is 18.4 Å². The number of pyridine rings is 1. The number of ether oxygens (including phenoxy) is 1. The summed E-state index contributed by atoms with van der Waals surface area (Å²) in [5.74, 6) is 0.431. The Morgan fingerprint density at radius 2 is 1.71 bits per heavy atom. The first-order valence-corrected chi connectivity index (χ1v) is 9.18. The van der Waals surface area contributed by atoms with Gasteiger partial charge in [-0.05, 0) is 18.6 Å². The van der Waals surface area contributed by atoms with Crippen LogP contribution >= 0.6 is 0 Å². The summed E-state index contributed by atoms with van der Waals surface area (Å²) in [4.78, 5) is 15.8. The highest BCUT2D eigenvalue weighted by Gasteiger charge is 2.30. The lowest BCUT2D eigenvalue weighted by Gasteiger charge is -2.18. The van der Waals surface area contributed by atoms with Crippen molar-refractivity contribution in [2.75, 3.05) is 0 Å². The molecule has 24 heavy (non-hydrogen) atoms. The largest absolute Gasteiger partial charge is 0.450 e. The van der Waals surface area contributed by atoms with Crippen LogP contribution in [0.15, 0.2) is 29.6 Å². The predicted octanol–water partition coefficient (Wildman–Crippen LogP) is 4.48. The molecule has 0 aliphatic carbocycles. The lowest BCUT2D eigenvalue weighted by molar-refractivity contribution is -0.135. The van der Waals surface area contributed by atoms with Gasteiger partial charge in [0.25, 0.3) is 0 Å². The van der Waals surface area contributed by atoms with Crippen LogP contribution in [0.3, 0.4) is 0 Å². The van der Waals surface area contributed by atoms with Gasteiger partial charge in [-0.15, -0.1) is 5.10 Å². The number of hydrazone groups is 1. The third kappa shape index (κ3) is 5.62. The van der Waals surface area contributed by atoms with E-state index in [1.807, 2.05) is 12.1 Å². The van der Waals surface area contributed by atoms with E-state index in [2.05, 4.69) is 17.0 Å². The second-order valence-electron chi connectivity index (χ2n) is 6.34. The van der Waals surface area contributed by atoms with Crippen LogP contribution in [0.2, 0.25) is 0 Å². The molecule has 0 spiro atoms. The van der Waals surface area contributed by atoms with Gasteiger partial charge in [0.2, 0.25) is 11.8 Å². The van der Waals surface area contributed by atoms with E-state index in [1.165, 1.54) is 56.9 Å². The Kier molecular flexibility index (Phi) is 7.72. The van der Waals surface area contributed by atoms with Crippen LogP contribution in [0, 0.1) is 0 Å². The smallest absolute Gasteiger partial charge is 0.242 e. The van der Waals surface area contributed by atoms with Gasteiger partial charge in [0.05, 0.1) is 0 Å². The summed E-state index contributed by atoms with van der Waals surface area (Å²) < 4.78 is 5.91. The number of nitrogens with zero attached hydrogens (tertiary/aromatic N) is 3. The van der Waals surface area contributed by atoms with Gasteiger partial charge in [0.15, 0.2) is 6.23 Å². The first kappa shape index (κ1) is 18.4. The first-order chi connectivity index (χ1) is 11.7. The molecule has 0 saturated heterocycles. The van der Waals surface area contributed by atoms with E-state index < -0.39 is 0 Å². The third-order valence-electron chi connectivity index (χ3n) is 4.27. The van der Waals surface area contributed by atoms with Crippen molar-refractivity contribution in [1.29, 1.82) is 0 Å². The highest BCUT2D eigenvalue weighted by molar-refractivity contribution is 5.96. The van der Waals surface area contributed by atoms with E-state index in [9.17, 15) is 4.79 Å². The molecule has 1 aromatic heterocycles. The van der Waals surface area contributed by atoms with Crippen molar-refractivity contribution in [2.24, 2.45) is 5.10 Å². The van der Waals surface area contributed by atoms with Crippen LogP contribution in [0.4, 0.5) is 0 Å². The van der Waals surface area contributed by atoms with E-state index in [1.54, 1.807) is 12.4 Å². The quantitative estimate of drug-likeness (QED) is 0.594. The Morgan fingerprint density at radius 3 is 2.33 bits per heavy atom. The van der Waals surface area contributed by atoms with Gasteiger partial charge in [-0.3, -0.25) is 9.78 Å². The minimum Gasteiger partial charge on any atom is -0.450 e. The fourth-order valence-corrected chi connectivity index (χ4v) is 2.89. The van der Waals surface area contributed by atoms with Gasteiger partial charge in [-0.2, -0.15) is 5.01 Å². The van der Waals surface area contributed by atoms with E-state index >= 15 is 0 Å². The molecule has 0 radical (unpaired) electrons. The molecule has 0 fully saturated rings. The third-order valence-corrected chi connectivity index (χ3v) is 4.27. The minimum absolute atomic E-state index is 0.0800. The van der Waals surface area contributed by atoms with Crippen LogP contribution in [-0.4, -0.2) is 28.0 Å². The SMILES string of the molecule is CCCCCCCCCCC1OC(c2ccncc2)=NN1C(C)=O. The van der Waals surface area contributed by atoms with Crippen LogP contribution in [-0.2, 0) is 9.53 Å². The molecule has 0 N–H and O–H groups in total. The number of aromatic nitrogens is 1. The average Bonchev–Trinajstić information content (AvgIpc) is 3.02. The Balaban J connectivity index is 1.74. The van der Waals surface area contributed by atoms with Gasteiger partial charge >= 0.3 is 0 Å². The van der Waals surface area contributed by atoms with Crippen LogP contribution in [0.1, 0.15) is 77.2 Å². The normalized spacial score (nSPS) is 16.8. The number of carbonyl (C=O) groups excluding carboxylic acids is 1. The molecule has 1 aliphatic heterocycles. The van der Waals surface area contributed by atoms with Gasteiger partial charge in [-0.1, -0.05) is 51.9 Å². The molecule has 5 heteroatoms. The Bertz CT molecular complexity index is 531. The summed E-state index contributed by atoms with van der Waals surface area (Å²) in [7, 11) is 0. The molecule has 5 nitrogen and oxygen atoms in total. The number of hydrogen-bond donors (Lipinski definition) is 0. The lowest BCUT2D eigenvalue weighted by Crippen LogP contribution is -2.32. The Hall–Kier alpha value is -1.91. The first-order valence-electron chi connectivity index (χ1n) is 9.18. The van der Waals surface area contributed by atoms with Crippen LogP contribution in [0.25, 0.3) is 0 Å². The Morgan fingerprint density at radius 1 is 1.08 bits per heavy atom. The minimum atomic E-state index is -0.272. The fraction of sp³-hybridized carbons (Fsp3) is 0.632. The standard InChI is InChI=1S/C19H29N3O2/c1-3-4-5-6-7-8-9-10-11-18-22(16(2)23)21-19(24-18)17-12-14-20-15-13-17/h12-15,18H,3-11H2,1-2H3. The van der Waals surface area contributed by atoms with Crippen LogP contribution < -0.4 is 0 Å². The van der Waals surface area contributed by atoms with Crippen molar-refractivity contribution in [3.8, 4) is 0 Å². The molecule has 0 saturated carbocycles. The van der Waals surface area contributed by atoms with E-state index in [4.69, 9.17) is 4.74 Å². The molecule has 1 atom stereocenters. The Labute approximate surface area is 145 Å². The molecule has 1 amide bonds. The van der Waals surface area contributed by atoms with Crippen molar-refractivity contribution in [3.63, 3.8) is 0 Å². The van der Waals surface area contributed by atoms with Gasteiger partial charge in [0.1, 0.15) is 0 Å². The van der Waals surface area contributed by atoms with Crippen molar-refractivity contribution in [2.45, 2.75) is 77.9 Å². The number of hydrogen-bond acceptors (Lipinski definition) is 4. The zero-order chi connectivity index (χ0) is 17.2. The summed E-state index contributed by atoms with van der Waals surface area (Å²) in [5, 5.41) is 5.81. The summed E-state index contributed by atoms with van der Waals surface area (Å²) in [5.41, 5.74) is 0.856. The molecule has 132 valence electrons. The van der Waals surface area contributed by atoms with Gasteiger partial charge < -0.3 is 4.74 Å². The second-order valence-corrected chi connectivity index (χ2v) is 6.34. The van der Waals surface area contributed by atoms with Gasteiger partial charge in [-0.25, -0.2) is 0 Å². The number of amides is 1. The number of unbranched alkanes of at least 4 members (excludes halogenated alkanes) is 7. The van der Waals surface area contributed by atoms with Crippen molar-refractivity contribution >= 4 is 11.8 Å². The van der Waals surface area contributed by atoms with E-state index in [0.29, 0.717) is 5.90 Å². The molecule has 1 aliphatic rings. The average molecular weight is 331 g/mol. The molecule has 1 aromatic rings. The second kappa shape index (κ2) is 10.1. The summed E-state index contributed by atoms with van der Waals surface area (Å²) in [6.07, 6.45) is 14.1. The highest BCUT2D eigenvalue weighted by atomic mass is 16.5. The number of carbonyl (C=O) groups is 1. The molecule has 2 heterocycles. The highest BCUT2D eigenvalue weighted by Crippen LogP contribution is 2.22. The lowest BCUT2D eigenvalue weighted by atomic mass is 10.1. The topological polar surface area (TPSA) is 54.8 Å². The molecular formula is C19H29N3O2. The zero-order valence-corrected chi connectivity index (χ0v) is 14.9. The van der Waals surface area contributed by atoms with E-state index in [-0.39, 0.29) is 12.1 Å². The molecular weight excluding hydrogens is 302 g/mol. The van der Waals surface area contributed by atoms with Gasteiger partial charge in [0, 0.05) is 31.3 Å². The summed E-state index contributed by atoms with van der Waals surface area (Å²) >= 11 is 0. The molecule has 2 rings (SSSR count). The molecule has 0 aromatic carbocycles. The molecule has 1 unspecified atom stereocenters. The maximum atomic E-state index is 11.8. The van der Waals surface area contributed by atoms with Crippen molar-refractivity contribution in [1.82, 2.24) is 9.99 Å². The predicted molar refractivity (Wildman–Crippen MR) is 95.4 cm³/mol. The maximum absolute atomic E-state index is 11.8. The van der Waals surface area contributed by atoms with Crippen molar-refractivity contribution < 1.29 is 9.53 Å². The number of rotatable bonds is 10.